The van der Waals surface area contributed by atoms with Crippen LogP contribution in [0.15, 0.2) is 30.7 Å². The number of aryl methyl sites for hydroxylation is 1. The lowest BCUT2D eigenvalue weighted by atomic mass is 10.2. The molecule has 6 rings (SSSR count). The van der Waals surface area contributed by atoms with Gasteiger partial charge in [0.05, 0.1) is 17.7 Å². The van der Waals surface area contributed by atoms with E-state index in [0.717, 1.165) is 34.8 Å². The number of likely N-dealkylation sites (tertiary alicyclic amines) is 1. The maximum atomic E-state index is 9.48. The van der Waals surface area contributed by atoms with Crippen LogP contribution in [0.1, 0.15) is 29.7 Å². The number of benzene rings is 1. The Hall–Kier alpha value is -2.79. The summed E-state index contributed by atoms with van der Waals surface area (Å²) in [6, 6.07) is 5.70. The molecule has 0 amide bonds. The molecule has 4 aromatic rings. The molecule has 0 atom stereocenters. The Morgan fingerprint density at radius 2 is 2.06 bits per heavy atom. The van der Waals surface area contributed by atoms with E-state index in [2.05, 4.69) is 26.8 Å². The molecule has 2 fully saturated rings. The van der Waals surface area contributed by atoms with Gasteiger partial charge in [-0.1, -0.05) is 17.7 Å². The quantitative estimate of drug-likeness (QED) is 0.350. The van der Waals surface area contributed by atoms with E-state index < -0.39 is 0 Å². The van der Waals surface area contributed by atoms with Gasteiger partial charge in [-0.15, -0.1) is 11.3 Å². The van der Waals surface area contributed by atoms with Gasteiger partial charge in [0, 0.05) is 36.3 Å². The first-order valence-electron chi connectivity index (χ1n) is 12.0. The number of aliphatic hydroxyl groups is 1. The smallest absolute Gasteiger partial charge is 0.245 e. The molecule has 1 saturated carbocycles. The SMILES string of the molecule is Cc1cnc(Cn2c(-c3cccc(OCCN4CC(O)C4)c3Cl)nc3c(OC4(C)CC4)ncnc32)s1. The molecule has 4 heterocycles. The van der Waals surface area contributed by atoms with Crippen molar-refractivity contribution in [2.24, 2.45) is 0 Å². The fraction of sp³-hybridized carbons (Fsp3) is 0.440. The van der Waals surface area contributed by atoms with Gasteiger partial charge < -0.3 is 19.1 Å². The van der Waals surface area contributed by atoms with Gasteiger partial charge in [0.25, 0.3) is 0 Å². The molecular formula is C25H27ClN6O3S. The Bertz CT molecular complexity index is 1410. The average molecular weight is 527 g/mol. The average Bonchev–Trinajstić information content (AvgIpc) is 3.24. The second kappa shape index (κ2) is 9.26. The fourth-order valence-corrected chi connectivity index (χ4v) is 5.31. The van der Waals surface area contributed by atoms with E-state index in [1.807, 2.05) is 35.9 Å². The van der Waals surface area contributed by atoms with Crippen molar-refractivity contribution in [1.82, 2.24) is 29.4 Å². The van der Waals surface area contributed by atoms with Crippen molar-refractivity contribution in [3.63, 3.8) is 0 Å². The molecule has 188 valence electrons. The third-order valence-electron chi connectivity index (χ3n) is 6.57. The van der Waals surface area contributed by atoms with E-state index in [1.165, 1.54) is 6.33 Å². The van der Waals surface area contributed by atoms with Gasteiger partial charge in [-0.25, -0.2) is 15.0 Å². The molecule has 2 aliphatic rings. The molecule has 36 heavy (non-hydrogen) atoms. The number of imidazole rings is 1. The van der Waals surface area contributed by atoms with Gasteiger partial charge in [-0.2, -0.15) is 4.98 Å². The van der Waals surface area contributed by atoms with Crippen LogP contribution in [0.5, 0.6) is 11.6 Å². The van der Waals surface area contributed by atoms with E-state index in [-0.39, 0.29) is 11.7 Å². The highest BCUT2D eigenvalue weighted by atomic mass is 35.5. The zero-order valence-corrected chi connectivity index (χ0v) is 21.7. The largest absolute Gasteiger partial charge is 0.491 e. The van der Waals surface area contributed by atoms with E-state index in [9.17, 15) is 5.11 Å². The standard InChI is InChI=1S/C25H27ClN6O3S/c1-15-10-27-19(36-15)13-32-22(30-21-23(32)28-14-29-24(21)35-25(2)6-7-25)17-4-3-5-18(20(17)26)34-9-8-31-11-16(33)12-31/h3-5,10,14,16,33H,6-9,11-13H2,1-2H3. The van der Waals surface area contributed by atoms with Gasteiger partial charge in [0.15, 0.2) is 11.2 Å². The topological polar surface area (TPSA) is 98.4 Å². The van der Waals surface area contributed by atoms with Crippen LogP contribution in [0.4, 0.5) is 0 Å². The first-order valence-corrected chi connectivity index (χ1v) is 13.2. The number of ether oxygens (including phenoxy) is 2. The highest BCUT2D eigenvalue weighted by Crippen LogP contribution is 2.42. The van der Waals surface area contributed by atoms with Crippen LogP contribution < -0.4 is 9.47 Å². The minimum Gasteiger partial charge on any atom is -0.491 e. The van der Waals surface area contributed by atoms with Gasteiger partial charge >= 0.3 is 0 Å². The van der Waals surface area contributed by atoms with E-state index >= 15 is 0 Å². The molecule has 1 saturated heterocycles. The molecule has 1 N–H and O–H groups in total. The molecule has 1 aliphatic heterocycles. The van der Waals surface area contributed by atoms with Crippen LogP contribution in [0.2, 0.25) is 5.02 Å². The van der Waals surface area contributed by atoms with Crippen molar-refractivity contribution >= 4 is 34.1 Å². The first kappa shape index (κ1) is 23.6. The Kier molecular flexibility index (Phi) is 6.07. The van der Waals surface area contributed by atoms with Crippen molar-refractivity contribution in [2.45, 2.75) is 44.9 Å². The number of nitrogens with zero attached hydrogens (tertiary/aromatic N) is 6. The van der Waals surface area contributed by atoms with Crippen molar-refractivity contribution in [3.05, 3.63) is 45.6 Å². The summed E-state index contributed by atoms with van der Waals surface area (Å²) in [5, 5.41) is 10.9. The first-order chi connectivity index (χ1) is 17.4. The van der Waals surface area contributed by atoms with Crippen molar-refractivity contribution < 1.29 is 14.6 Å². The van der Waals surface area contributed by atoms with Crippen molar-refractivity contribution in [3.8, 4) is 23.0 Å². The number of aliphatic hydroxyl groups excluding tert-OH is 1. The minimum absolute atomic E-state index is 0.199. The summed E-state index contributed by atoms with van der Waals surface area (Å²) < 4.78 is 14.3. The highest BCUT2D eigenvalue weighted by Gasteiger charge is 2.41. The van der Waals surface area contributed by atoms with Crippen molar-refractivity contribution in [2.75, 3.05) is 26.2 Å². The second-order valence-corrected chi connectivity index (χ2v) is 11.4. The number of halogens is 1. The lowest BCUT2D eigenvalue weighted by molar-refractivity contribution is -0.00386. The van der Waals surface area contributed by atoms with Gasteiger partial charge in [-0.05, 0) is 38.8 Å². The number of rotatable bonds is 9. The number of β-amino-alcohol motifs (C(OH)–C–C–N with tert-alkyl or cyclic N) is 1. The predicted octanol–water partition coefficient (Wildman–Crippen LogP) is 3.95. The summed E-state index contributed by atoms with van der Waals surface area (Å²) >= 11 is 8.52. The zero-order chi connectivity index (χ0) is 24.9. The Balaban J connectivity index is 1.37. The third kappa shape index (κ3) is 4.66. The Morgan fingerprint density at radius 3 is 2.78 bits per heavy atom. The monoisotopic (exact) mass is 526 g/mol. The lowest BCUT2D eigenvalue weighted by Gasteiger charge is -2.35. The van der Waals surface area contributed by atoms with Crippen molar-refractivity contribution in [1.29, 1.82) is 0 Å². The van der Waals surface area contributed by atoms with Crippen LogP contribution in [-0.4, -0.2) is 72.5 Å². The van der Waals surface area contributed by atoms with Gasteiger partial charge in [-0.3, -0.25) is 4.90 Å². The number of thiazole rings is 1. The predicted molar refractivity (Wildman–Crippen MR) is 138 cm³/mol. The van der Waals surface area contributed by atoms with Gasteiger partial charge in [0.1, 0.15) is 35.1 Å². The van der Waals surface area contributed by atoms with Crippen LogP contribution >= 0.6 is 22.9 Å². The number of hydrogen-bond acceptors (Lipinski definition) is 9. The summed E-state index contributed by atoms with van der Waals surface area (Å²) in [6.45, 7) is 7.19. The Labute approximate surface area is 217 Å². The van der Waals surface area contributed by atoms with Crippen LogP contribution in [0.25, 0.3) is 22.6 Å². The highest BCUT2D eigenvalue weighted by molar-refractivity contribution is 7.11. The number of aromatic nitrogens is 5. The number of fused-ring (bicyclic) bond motifs is 1. The fourth-order valence-electron chi connectivity index (χ4n) is 4.27. The molecule has 3 aromatic heterocycles. The van der Waals surface area contributed by atoms with E-state index in [1.54, 1.807) is 11.3 Å². The maximum absolute atomic E-state index is 9.48. The molecule has 11 heteroatoms. The Morgan fingerprint density at radius 1 is 1.22 bits per heavy atom. The molecule has 1 aromatic carbocycles. The normalized spacial score (nSPS) is 17.3. The molecule has 0 radical (unpaired) electrons. The van der Waals surface area contributed by atoms with E-state index in [4.69, 9.17) is 26.1 Å². The lowest BCUT2D eigenvalue weighted by Crippen LogP contribution is -2.51. The minimum atomic E-state index is -0.231. The van der Waals surface area contributed by atoms with Gasteiger partial charge in [0.2, 0.25) is 5.88 Å². The molecule has 9 nitrogen and oxygen atoms in total. The second-order valence-electron chi connectivity index (χ2n) is 9.67. The van der Waals surface area contributed by atoms with Crippen LogP contribution in [-0.2, 0) is 6.54 Å². The summed E-state index contributed by atoms with van der Waals surface area (Å²) in [4.78, 5) is 21.8. The third-order valence-corrected chi connectivity index (χ3v) is 7.85. The molecule has 0 unspecified atom stereocenters. The molecule has 1 aliphatic carbocycles. The summed E-state index contributed by atoms with van der Waals surface area (Å²) in [6.07, 6.45) is 5.14. The van der Waals surface area contributed by atoms with E-state index in [0.29, 0.717) is 59.9 Å². The molecule has 0 bridgehead atoms. The maximum Gasteiger partial charge on any atom is 0.245 e. The summed E-state index contributed by atoms with van der Waals surface area (Å²) in [5.74, 6) is 1.73. The van der Waals surface area contributed by atoms with Crippen LogP contribution in [0.3, 0.4) is 0 Å². The van der Waals surface area contributed by atoms with Crippen LogP contribution in [0, 0.1) is 6.92 Å². The molecular weight excluding hydrogens is 500 g/mol. The summed E-state index contributed by atoms with van der Waals surface area (Å²) in [7, 11) is 0. The summed E-state index contributed by atoms with van der Waals surface area (Å²) in [5.41, 5.74) is 1.82. The zero-order valence-electron chi connectivity index (χ0n) is 20.1. The number of hydrogen-bond donors (Lipinski definition) is 1. The molecule has 0 spiro atoms.